The minimum atomic E-state index is -4.16. The van der Waals surface area contributed by atoms with E-state index >= 15 is 0 Å². The fourth-order valence-corrected chi connectivity index (χ4v) is 3.68. The SMILES string of the molecule is CC(=O)c1cccc(NS(=O)(=O)c2ccc(NC(=O)c3ccccc3F)c(F)c2)c1. The second-order valence-electron chi connectivity index (χ2n) is 6.32. The van der Waals surface area contributed by atoms with Crippen LogP contribution in [0.3, 0.4) is 0 Å². The lowest BCUT2D eigenvalue weighted by Crippen LogP contribution is -2.16. The van der Waals surface area contributed by atoms with Crippen LogP contribution in [0.4, 0.5) is 20.2 Å². The third kappa shape index (κ3) is 4.69. The molecular weight excluding hydrogens is 414 g/mol. The molecule has 0 aromatic heterocycles. The Kier molecular flexibility index (Phi) is 5.93. The summed E-state index contributed by atoms with van der Waals surface area (Å²) in [5.74, 6) is -2.90. The van der Waals surface area contributed by atoms with Gasteiger partial charge in [0.2, 0.25) is 0 Å². The molecule has 0 bridgehead atoms. The highest BCUT2D eigenvalue weighted by Gasteiger charge is 2.19. The second-order valence-corrected chi connectivity index (χ2v) is 8.00. The molecule has 0 aliphatic rings. The molecule has 3 aromatic rings. The zero-order chi connectivity index (χ0) is 21.9. The van der Waals surface area contributed by atoms with Gasteiger partial charge in [0, 0.05) is 11.3 Å². The molecule has 0 saturated heterocycles. The van der Waals surface area contributed by atoms with E-state index < -0.39 is 32.5 Å². The molecule has 9 heteroatoms. The number of anilines is 2. The molecule has 0 spiro atoms. The molecule has 0 aliphatic heterocycles. The molecule has 0 fully saturated rings. The van der Waals surface area contributed by atoms with Gasteiger partial charge in [-0.15, -0.1) is 0 Å². The van der Waals surface area contributed by atoms with E-state index in [4.69, 9.17) is 0 Å². The Morgan fingerprint density at radius 3 is 2.27 bits per heavy atom. The quantitative estimate of drug-likeness (QED) is 0.573. The first kappa shape index (κ1) is 21.1. The molecule has 3 aromatic carbocycles. The van der Waals surface area contributed by atoms with Crippen LogP contribution in [0.25, 0.3) is 0 Å². The molecule has 3 rings (SSSR count). The van der Waals surface area contributed by atoms with Gasteiger partial charge in [-0.1, -0.05) is 24.3 Å². The number of sulfonamides is 1. The summed E-state index contributed by atoms with van der Waals surface area (Å²) in [5.41, 5.74) is -0.131. The molecule has 2 N–H and O–H groups in total. The third-order valence-corrected chi connectivity index (χ3v) is 5.52. The van der Waals surface area contributed by atoms with E-state index in [1.54, 1.807) is 0 Å². The summed E-state index contributed by atoms with van der Waals surface area (Å²) in [6.45, 7) is 1.34. The van der Waals surface area contributed by atoms with Crippen molar-refractivity contribution >= 4 is 33.1 Å². The monoisotopic (exact) mass is 430 g/mol. The van der Waals surface area contributed by atoms with E-state index in [2.05, 4.69) is 10.0 Å². The van der Waals surface area contributed by atoms with E-state index in [1.165, 1.54) is 49.4 Å². The molecule has 0 heterocycles. The van der Waals surface area contributed by atoms with Gasteiger partial charge in [0.15, 0.2) is 5.78 Å². The summed E-state index contributed by atoms with van der Waals surface area (Å²) < 4.78 is 55.4. The van der Waals surface area contributed by atoms with Crippen molar-refractivity contribution in [1.29, 1.82) is 0 Å². The number of hydrogen-bond donors (Lipinski definition) is 2. The highest BCUT2D eigenvalue weighted by molar-refractivity contribution is 7.92. The van der Waals surface area contributed by atoms with Crippen molar-refractivity contribution in [3.8, 4) is 0 Å². The van der Waals surface area contributed by atoms with Crippen molar-refractivity contribution in [1.82, 2.24) is 0 Å². The van der Waals surface area contributed by atoms with Crippen molar-refractivity contribution in [2.75, 3.05) is 10.0 Å². The van der Waals surface area contributed by atoms with Crippen LogP contribution in [0, 0.1) is 11.6 Å². The summed E-state index contributed by atoms with van der Waals surface area (Å²) in [5, 5.41) is 2.21. The van der Waals surface area contributed by atoms with Crippen molar-refractivity contribution in [3.63, 3.8) is 0 Å². The number of ketones is 1. The molecule has 1 amide bonds. The van der Waals surface area contributed by atoms with E-state index in [-0.39, 0.29) is 22.7 Å². The number of Topliss-reactive ketones (excluding diaryl/α,β-unsaturated/α-hetero) is 1. The van der Waals surface area contributed by atoms with Crippen LogP contribution in [-0.2, 0) is 10.0 Å². The number of hydrogen-bond acceptors (Lipinski definition) is 4. The van der Waals surface area contributed by atoms with Crippen LogP contribution in [0.15, 0.2) is 71.6 Å². The van der Waals surface area contributed by atoms with Crippen LogP contribution < -0.4 is 10.0 Å². The average molecular weight is 430 g/mol. The predicted octanol–water partition coefficient (Wildman–Crippen LogP) is 4.22. The summed E-state index contributed by atoms with van der Waals surface area (Å²) in [7, 11) is -4.16. The molecule has 0 unspecified atom stereocenters. The summed E-state index contributed by atoms with van der Waals surface area (Å²) in [4.78, 5) is 23.2. The lowest BCUT2D eigenvalue weighted by molar-refractivity contribution is 0.101. The minimum absolute atomic E-state index is 0.139. The van der Waals surface area contributed by atoms with Crippen molar-refractivity contribution in [3.05, 3.63) is 89.5 Å². The van der Waals surface area contributed by atoms with Gasteiger partial charge in [0.05, 0.1) is 16.1 Å². The smallest absolute Gasteiger partial charge is 0.261 e. The maximum Gasteiger partial charge on any atom is 0.261 e. The first-order valence-corrected chi connectivity index (χ1v) is 10.1. The fourth-order valence-electron chi connectivity index (χ4n) is 2.62. The third-order valence-electron chi connectivity index (χ3n) is 4.14. The van der Waals surface area contributed by atoms with Gasteiger partial charge in [-0.25, -0.2) is 17.2 Å². The zero-order valence-electron chi connectivity index (χ0n) is 15.6. The van der Waals surface area contributed by atoms with Gasteiger partial charge in [-0.05, 0) is 49.4 Å². The normalized spacial score (nSPS) is 11.0. The Bertz CT molecular complexity index is 1240. The second kappa shape index (κ2) is 8.42. The van der Waals surface area contributed by atoms with E-state index in [0.29, 0.717) is 5.56 Å². The fraction of sp³-hybridized carbons (Fsp3) is 0.0476. The largest absolute Gasteiger partial charge is 0.319 e. The lowest BCUT2D eigenvalue weighted by Gasteiger charge is -2.11. The van der Waals surface area contributed by atoms with E-state index in [0.717, 1.165) is 24.3 Å². The predicted molar refractivity (Wildman–Crippen MR) is 108 cm³/mol. The highest BCUT2D eigenvalue weighted by Crippen LogP contribution is 2.23. The van der Waals surface area contributed by atoms with Gasteiger partial charge in [-0.3, -0.25) is 14.3 Å². The molecular formula is C21H16F2N2O4S. The maximum atomic E-state index is 14.4. The zero-order valence-corrected chi connectivity index (χ0v) is 16.5. The summed E-state index contributed by atoms with van der Waals surface area (Å²) in [6, 6.07) is 13.9. The number of nitrogens with one attached hydrogen (secondary N) is 2. The van der Waals surface area contributed by atoms with Crippen LogP contribution in [-0.4, -0.2) is 20.1 Å². The van der Waals surface area contributed by atoms with Crippen LogP contribution in [0.5, 0.6) is 0 Å². The highest BCUT2D eigenvalue weighted by atomic mass is 32.2. The van der Waals surface area contributed by atoms with Gasteiger partial charge in [0.1, 0.15) is 11.6 Å². The Balaban J connectivity index is 1.82. The van der Waals surface area contributed by atoms with Crippen molar-refractivity contribution < 1.29 is 26.8 Å². The number of rotatable bonds is 6. The number of carbonyl (C=O) groups is 2. The van der Waals surface area contributed by atoms with Gasteiger partial charge in [0.25, 0.3) is 15.9 Å². The Hall–Kier alpha value is -3.59. The number of carbonyl (C=O) groups excluding carboxylic acids is 2. The van der Waals surface area contributed by atoms with Crippen molar-refractivity contribution in [2.24, 2.45) is 0 Å². The maximum absolute atomic E-state index is 14.4. The number of benzene rings is 3. The molecule has 6 nitrogen and oxygen atoms in total. The number of halogens is 2. The molecule has 0 atom stereocenters. The van der Waals surface area contributed by atoms with Crippen molar-refractivity contribution in [2.45, 2.75) is 11.8 Å². The lowest BCUT2D eigenvalue weighted by atomic mass is 10.1. The molecule has 30 heavy (non-hydrogen) atoms. The van der Waals surface area contributed by atoms with Gasteiger partial charge in [-0.2, -0.15) is 0 Å². The summed E-state index contributed by atoms with van der Waals surface area (Å²) in [6.07, 6.45) is 0. The minimum Gasteiger partial charge on any atom is -0.319 e. The van der Waals surface area contributed by atoms with Crippen LogP contribution in [0.1, 0.15) is 27.6 Å². The van der Waals surface area contributed by atoms with Gasteiger partial charge >= 0.3 is 0 Å². The summed E-state index contributed by atoms with van der Waals surface area (Å²) >= 11 is 0. The topological polar surface area (TPSA) is 92.3 Å². The van der Waals surface area contributed by atoms with Crippen LogP contribution in [0.2, 0.25) is 0 Å². The Morgan fingerprint density at radius 2 is 1.60 bits per heavy atom. The molecule has 0 radical (unpaired) electrons. The molecule has 0 saturated carbocycles. The first-order chi connectivity index (χ1) is 14.2. The molecule has 154 valence electrons. The Labute approximate surface area is 171 Å². The standard InChI is InChI=1S/C21H16F2N2O4S/c1-13(26)14-5-4-6-15(11-14)25-30(28,29)16-9-10-20(19(23)12-16)24-21(27)17-7-2-3-8-18(17)22/h2-12,25H,1H3,(H,24,27). The van der Waals surface area contributed by atoms with Crippen LogP contribution >= 0.6 is 0 Å². The Morgan fingerprint density at radius 1 is 0.867 bits per heavy atom. The molecule has 0 aliphatic carbocycles. The first-order valence-electron chi connectivity index (χ1n) is 8.66. The van der Waals surface area contributed by atoms with E-state index in [1.807, 2.05) is 0 Å². The van der Waals surface area contributed by atoms with E-state index in [9.17, 15) is 26.8 Å². The average Bonchev–Trinajstić information content (AvgIpc) is 2.69. The number of amides is 1. The van der Waals surface area contributed by atoms with Gasteiger partial charge < -0.3 is 5.32 Å².